The van der Waals surface area contributed by atoms with Crippen LogP contribution in [0.15, 0.2) is 36.4 Å². The number of likely N-dealkylation sites (N-methyl/N-ethyl adjacent to an activating group) is 1. The van der Waals surface area contributed by atoms with Gasteiger partial charge in [0, 0.05) is 49.2 Å². The highest BCUT2D eigenvalue weighted by molar-refractivity contribution is 7.19. The molecule has 0 radical (unpaired) electrons. The summed E-state index contributed by atoms with van der Waals surface area (Å²) in [6, 6.07) is 10.6. The molecule has 0 saturated carbocycles. The van der Waals surface area contributed by atoms with E-state index in [4.69, 9.17) is 5.73 Å². The second-order valence-corrected chi connectivity index (χ2v) is 11.1. The summed E-state index contributed by atoms with van der Waals surface area (Å²) in [5.41, 5.74) is 8.36. The number of benzene rings is 2. The predicted octanol–water partition coefficient (Wildman–Crippen LogP) is 4.43. The van der Waals surface area contributed by atoms with Crippen LogP contribution in [0.25, 0.3) is 10.4 Å². The van der Waals surface area contributed by atoms with Crippen LogP contribution in [0.4, 0.5) is 33.7 Å². The fourth-order valence-electron chi connectivity index (χ4n) is 4.73. The number of carbonyl (C=O) groups excluding carboxylic acids is 1. The molecule has 0 aliphatic carbocycles. The summed E-state index contributed by atoms with van der Waals surface area (Å²) >= 11 is 1.14. The standard InChI is InChI=1S/C27H35N7O4S/c1-17(2)14-20(16-36)29-22-9-4-18(15-35)23(24(22)34(37)38)25-26(28)31-27(39-25)30-19-5-7-21(8-6-19)33-12-10-32(3)11-13-33/h4-9,15,17,20,29,36H,10-14,16,28H2,1-3H3,(H,30,31). The molecule has 1 aromatic heterocycles. The van der Waals surface area contributed by atoms with Crippen molar-refractivity contribution in [2.24, 2.45) is 5.92 Å². The van der Waals surface area contributed by atoms with Crippen LogP contribution in [0.2, 0.25) is 0 Å². The van der Waals surface area contributed by atoms with Gasteiger partial charge in [0.1, 0.15) is 11.5 Å². The number of thiazole rings is 1. The number of hydrogen-bond donors (Lipinski definition) is 4. The molecule has 3 aromatic rings. The lowest BCUT2D eigenvalue weighted by Gasteiger charge is -2.34. The van der Waals surface area contributed by atoms with Gasteiger partial charge in [-0.15, -0.1) is 0 Å². The van der Waals surface area contributed by atoms with E-state index >= 15 is 0 Å². The summed E-state index contributed by atoms with van der Waals surface area (Å²) in [7, 11) is 2.12. The van der Waals surface area contributed by atoms with Crippen molar-refractivity contribution in [3.8, 4) is 10.4 Å². The number of rotatable bonds is 11. The normalized spacial score (nSPS) is 14.8. The van der Waals surface area contributed by atoms with Gasteiger partial charge < -0.3 is 31.3 Å². The first-order chi connectivity index (χ1) is 18.7. The van der Waals surface area contributed by atoms with Gasteiger partial charge in [0.25, 0.3) is 0 Å². The van der Waals surface area contributed by atoms with E-state index in [1.54, 1.807) is 0 Å². The summed E-state index contributed by atoms with van der Waals surface area (Å²) in [5.74, 6) is 0.351. The van der Waals surface area contributed by atoms with Crippen molar-refractivity contribution in [2.75, 3.05) is 61.1 Å². The fourth-order valence-corrected chi connectivity index (χ4v) is 5.70. The Morgan fingerprint density at radius 3 is 2.46 bits per heavy atom. The van der Waals surface area contributed by atoms with Gasteiger partial charge in [0.2, 0.25) is 0 Å². The number of hydrogen-bond acceptors (Lipinski definition) is 11. The Morgan fingerprint density at radius 2 is 1.87 bits per heavy atom. The van der Waals surface area contributed by atoms with E-state index in [1.807, 2.05) is 38.1 Å². The molecular formula is C27H35N7O4S. The number of nitrogens with two attached hydrogens (primary N) is 1. The quantitative estimate of drug-likeness (QED) is 0.153. The van der Waals surface area contributed by atoms with Crippen molar-refractivity contribution in [3.05, 3.63) is 52.1 Å². The second-order valence-electron chi connectivity index (χ2n) is 10.1. The minimum absolute atomic E-state index is 0.0841. The third-order valence-corrected chi connectivity index (χ3v) is 7.73. The highest BCUT2D eigenvalue weighted by Crippen LogP contribution is 2.45. The summed E-state index contributed by atoms with van der Waals surface area (Å²) in [6.07, 6.45) is 1.19. The number of nitro benzene ring substituents is 1. The third kappa shape index (κ3) is 6.64. The summed E-state index contributed by atoms with van der Waals surface area (Å²) in [4.78, 5) is 33.0. The number of carbonyl (C=O) groups is 1. The lowest BCUT2D eigenvalue weighted by Crippen LogP contribution is -2.44. The maximum atomic E-state index is 12.3. The Hall–Kier alpha value is -3.74. The smallest absolute Gasteiger partial charge is 0.301 e. The number of aliphatic hydroxyl groups is 1. The Bertz CT molecular complexity index is 1300. The number of piperazine rings is 1. The van der Waals surface area contributed by atoms with Gasteiger partial charge in [0.15, 0.2) is 11.4 Å². The van der Waals surface area contributed by atoms with Crippen LogP contribution in [-0.4, -0.2) is 72.1 Å². The van der Waals surface area contributed by atoms with Crippen molar-refractivity contribution < 1.29 is 14.8 Å². The van der Waals surface area contributed by atoms with Gasteiger partial charge in [-0.3, -0.25) is 14.9 Å². The molecule has 1 saturated heterocycles. The summed E-state index contributed by atoms with van der Waals surface area (Å²) in [6.45, 7) is 7.80. The van der Waals surface area contributed by atoms with Crippen LogP contribution >= 0.6 is 11.3 Å². The number of nitro groups is 1. The molecule has 0 spiro atoms. The van der Waals surface area contributed by atoms with Gasteiger partial charge in [-0.25, -0.2) is 4.98 Å². The van der Waals surface area contributed by atoms with Crippen LogP contribution in [-0.2, 0) is 0 Å². The van der Waals surface area contributed by atoms with Gasteiger partial charge in [0.05, 0.1) is 22.0 Å². The molecule has 2 aromatic carbocycles. The first-order valence-corrected chi connectivity index (χ1v) is 13.7. The molecule has 0 bridgehead atoms. The molecule has 208 valence electrons. The molecule has 2 heterocycles. The maximum Gasteiger partial charge on any atom is 0.301 e. The van der Waals surface area contributed by atoms with Crippen LogP contribution < -0.4 is 21.3 Å². The molecule has 0 amide bonds. The van der Waals surface area contributed by atoms with Gasteiger partial charge in [-0.2, -0.15) is 0 Å². The van der Waals surface area contributed by atoms with Gasteiger partial charge in [-0.1, -0.05) is 25.2 Å². The van der Waals surface area contributed by atoms with Crippen molar-refractivity contribution in [1.29, 1.82) is 0 Å². The van der Waals surface area contributed by atoms with Gasteiger partial charge >= 0.3 is 5.69 Å². The second kappa shape index (κ2) is 12.4. The van der Waals surface area contributed by atoms with E-state index in [2.05, 4.69) is 32.5 Å². The monoisotopic (exact) mass is 553 g/mol. The SMILES string of the molecule is CC(C)CC(CO)Nc1ccc(C=O)c(-c2sc(Nc3ccc(N4CCN(C)CC4)cc3)nc2N)c1[N+](=O)[O-]. The van der Waals surface area contributed by atoms with Crippen molar-refractivity contribution in [2.45, 2.75) is 26.3 Å². The topological polar surface area (TPSA) is 150 Å². The molecule has 1 fully saturated rings. The fraction of sp³-hybridized carbons (Fsp3) is 0.407. The maximum absolute atomic E-state index is 12.3. The van der Waals surface area contributed by atoms with E-state index in [9.17, 15) is 20.0 Å². The molecule has 12 heteroatoms. The number of nitrogens with one attached hydrogen (secondary N) is 2. The molecular weight excluding hydrogens is 518 g/mol. The molecule has 11 nitrogen and oxygen atoms in total. The van der Waals surface area contributed by atoms with Crippen molar-refractivity contribution >= 4 is 51.3 Å². The molecule has 4 rings (SSSR count). The Labute approximate surface area is 231 Å². The number of anilines is 5. The van der Waals surface area contributed by atoms with Crippen molar-refractivity contribution in [1.82, 2.24) is 9.88 Å². The Balaban J connectivity index is 1.63. The Kier molecular flexibility index (Phi) is 9.00. The zero-order valence-electron chi connectivity index (χ0n) is 22.4. The van der Waals surface area contributed by atoms with E-state index < -0.39 is 4.92 Å². The minimum atomic E-state index is -0.530. The van der Waals surface area contributed by atoms with Crippen molar-refractivity contribution in [3.63, 3.8) is 0 Å². The van der Waals surface area contributed by atoms with Gasteiger partial charge in [-0.05, 0) is 55.8 Å². The molecule has 5 N–H and O–H groups in total. The van der Waals surface area contributed by atoms with Crippen LogP contribution in [0.3, 0.4) is 0 Å². The Morgan fingerprint density at radius 1 is 1.18 bits per heavy atom. The molecule has 1 atom stereocenters. The third-order valence-electron chi connectivity index (χ3n) is 6.72. The first-order valence-electron chi connectivity index (χ1n) is 12.9. The highest BCUT2D eigenvalue weighted by atomic mass is 32.1. The average molecular weight is 554 g/mol. The number of aromatic nitrogens is 1. The number of nitrogen functional groups attached to an aromatic ring is 1. The van der Waals surface area contributed by atoms with E-state index in [0.29, 0.717) is 22.7 Å². The summed E-state index contributed by atoms with van der Waals surface area (Å²) < 4.78 is 0. The molecule has 39 heavy (non-hydrogen) atoms. The average Bonchev–Trinajstić information content (AvgIpc) is 3.27. The minimum Gasteiger partial charge on any atom is -0.394 e. The highest BCUT2D eigenvalue weighted by Gasteiger charge is 2.29. The summed E-state index contributed by atoms with van der Waals surface area (Å²) in [5, 5.41) is 28.9. The van der Waals surface area contributed by atoms with Crippen LogP contribution in [0.5, 0.6) is 0 Å². The largest absolute Gasteiger partial charge is 0.394 e. The lowest BCUT2D eigenvalue weighted by atomic mass is 10.0. The number of aldehydes is 1. The number of nitrogens with zero attached hydrogens (tertiary/aromatic N) is 4. The molecule has 1 aliphatic heterocycles. The molecule has 1 unspecified atom stereocenters. The van der Waals surface area contributed by atoms with Crippen LogP contribution in [0, 0.1) is 16.0 Å². The van der Waals surface area contributed by atoms with E-state index in [0.717, 1.165) is 48.9 Å². The first kappa shape index (κ1) is 28.3. The predicted molar refractivity (Wildman–Crippen MR) is 157 cm³/mol. The molecule has 1 aliphatic rings. The lowest BCUT2D eigenvalue weighted by molar-refractivity contribution is -0.383. The zero-order valence-corrected chi connectivity index (χ0v) is 23.2. The van der Waals surface area contributed by atoms with E-state index in [1.165, 1.54) is 12.1 Å². The van der Waals surface area contributed by atoms with Crippen LogP contribution in [0.1, 0.15) is 30.6 Å². The van der Waals surface area contributed by atoms with E-state index in [-0.39, 0.29) is 46.9 Å². The number of aliphatic hydroxyl groups excluding tert-OH is 1. The zero-order chi connectivity index (χ0) is 28.1.